The summed E-state index contributed by atoms with van der Waals surface area (Å²) in [7, 11) is 0. The summed E-state index contributed by atoms with van der Waals surface area (Å²) >= 11 is 0. The number of rotatable bonds is 6. The highest BCUT2D eigenvalue weighted by Gasteiger charge is 2.45. The summed E-state index contributed by atoms with van der Waals surface area (Å²) in [6.07, 6.45) is 4.60. The van der Waals surface area contributed by atoms with Gasteiger partial charge in [-0.1, -0.05) is 60.2 Å². The molecule has 0 bridgehead atoms. The van der Waals surface area contributed by atoms with Crippen molar-refractivity contribution in [1.82, 2.24) is 9.88 Å². The Bertz CT molecular complexity index is 1110. The minimum absolute atomic E-state index is 0.113. The minimum Gasteiger partial charge on any atom is -0.507 e. The predicted molar refractivity (Wildman–Crippen MR) is 119 cm³/mol. The molecule has 156 valence electrons. The fourth-order valence-corrected chi connectivity index (χ4v) is 3.96. The second-order valence-corrected chi connectivity index (χ2v) is 7.73. The van der Waals surface area contributed by atoms with E-state index in [0.29, 0.717) is 18.5 Å². The average Bonchev–Trinajstić information content (AvgIpc) is 3.05. The van der Waals surface area contributed by atoms with Crippen LogP contribution in [0, 0.1) is 6.92 Å². The zero-order chi connectivity index (χ0) is 21.8. The van der Waals surface area contributed by atoms with Gasteiger partial charge in [0.2, 0.25) is 0 Å². The molecular formula is C26H24N2O3. The molecule has 1 amide bonds. The topological polar surface area (TPSA) is 70.5 Å². The minimum atomic E-state index is -0.661. The molecule has 0 spiro atoms. The molecule has 1 aromatic heterocycles. The molecule has 1 atom stereocenters. The first kappa shape index (κ1) is 20.5. The Balaban J connectivity index is 1.70. The number of aryl methyl sites for hydroxylation is 2. The Kier molecular flexibility index (Phi) is 5.94. The summed E-state index contributed by atoms with van der Waals surface area (Å²) in [6.45, 7) is 2.40. The number of likely N-dealkylation sites (tertiary alicyclic amines) is 1. The zero-order valence-electron chi connectivity index (χ0n) is 17.4. The lowest BCUT2D eigenvalue weighted by Crippen LogP contribution is -2.31. The van der Waals surface area contributed by atoms with Crippen LogP contribution in [-0.2, 0) is 16.0 Å². The number of aliphatic hydroxyl groups excluding tert-OH is 1. The summed E-state index contributed by atoms with van der Waals surface area (Å²) in [5.41, 5.74) is 3.59. The lowest BCUT2D eigenvalue weighted by Gasteiger charge is -2.25. The third-order valence-electron chi connectivity index (χ3n) is 5.58. The van der Waals surface area contributed by atoms with Crippen LogP contribution >= 0.6 is 0 Å². The first-order valence-corrected chi connectivity index (χ1v) is 10.4. The Morgan fingerprint density at radius 3 is 2.42 bits per heavy atom. The Labute approximate surface area is 181 Å². The van der Waals surface area contributed by atoms with Crippen LogP contribution < -0.4 is 0 Å². The molecule has 1 saturated heterocycles. The molecule has 4 rings (SSSR count). The fourth-order valence-electron chi connectivity index (χ4n) is 3.96. The first-order chi connectivity index (χ1) is 15.1. The van der Waals surface area contributed by atoms with Crippen molar-refractivity contribution >= 4 is 17.4 Å². The number of ketones is 1. The van der Waals surface area contributed by atoms with Gasteiger partial charge in [-0.05, 0) is 43.0 Å². The number of hydrogen-bond acceptors (Lipinski definition) is 4. The standard InChI is InChI=1S/C26H24N2O3/c1-18-11-13-20(14-12-18)23-22(24(29)21-10-5-15-27-17-21)25(30)26(31)28(23)16-6-9-19-7-3-2-4-8-19/h2-5,7-8,10-15,17,23,29H,6,9,16H2,1H3. The van der Waals surface area contributed by atoms with Crippen molar-refractivity contribution in [2.45, 2.75) is 25.8 Å². The summed E-state index contributed by atoms with van der Waals surface area (Å²) in [5.74, 6) is -1.43. The van der Waals surface area contributed by atoms with Gasteiger partial charge in [-0.25, -0.2) is 0 Å². The normalized spacial score (nSPS) is 17.8. The van der Waals surface area contributed by atoms with E-state index >= 15 is 0 Å². The first-order valence-electron chi connectivity index (χ1n) is 10.4. The van der Waals surface area contributed by atoms with Gasteiger partial charge < -0.3 is 10.0 Å². The molecule has 0 saturated carbocycles. The van der Waals surface area contributed by atoms with Crippen molar-refractivity contribution < 1.29 is 14.7 Å². The van der Waals surface area contributed by atoms with Crippen LogP contribution in [0.1, 0.15) is 34.7 Å². The SMILES string of the molecule is Cc1ccc(C2C(=C(O)c3cccnc3)C(=O)C(=O)N2CCCc2ccccc2)cc1. The molecule has 5 heteroatoms. The maximum Gasteiger partial charge on any atom is 0.295 e. The number of aromatic nitrogens is 1. The molecule has 1 fully saturated rings. The van der Waals surface area contributed by atoms with Crippen LogP contribution in [0.25, 0.3) is 5.76 Å². The number of Topliss-reactive ketones (excluding diaryl/α,β-unsaturated/α-hetero) is 1. The fraction of sp³-hybridized carbons (Fsp3) is 0.192. The maximum atomic E-state index is 13.0. The average molecular weight is 412 g/mol. The van der Waals surface area contributed by atoms with Crippen molar-refractivity contribution in [2.75, 3.05) is 6.54 Å². The number of benzene rings is 2. The van der Waals surface area contributed by atoms with E-state index in [9.17, 15) is 14.7 Å². The number of amides is 1. The lowest BCUT2D eigenvalue weighted by atomic mass is 9.95. The van der Waals surface area contributed by atoms with Crippen molar-refractivity contribution in [1.29, 1.82) is 0 Å². The Morgan fingerprint density at radius 1 is 1.00 bits per heavy atom. The van der Waals surface area contributed by atoms with Crippen molar-refractivity contribution in [3.63, 3.8) is 0 Å². The second kappa shape index (κ2) is 8.96. The molecule has 2 aromatic carbocycles. The quantitative estimate of drug-likeness (QED) is 0.369. The highest BCUT2D eigenvalue weighted by Crippen LogP contribution is 2.39. The largest absolute Gasteiger partial charge is 0.507 e. The summed E-state index contributed by atoms with van der Waals surface area (Å²) in [5, 5.41) is 11.0. The third kappa shape index (κ3) is 4.26. The van der Waals surface area contributed by atoms with Crippen LogP contribution in [0.5, 0.6) is 0 Å². The maximum absolute atomic E-state index is 13.0. The van der Waals surface area contributed by atoms with E-state index in [4.69, 9.17) is 0 Å². The van der Waals surface area contributed by atoms with E-state index in [2.05, 4.69) is 4.98 Å². The molecule has 3 aromatic rings. The van der Waals surface area contributed by atoms with E-state index in [0.717, 1.165) is 17.5 Å². The smallest absolute Gasteiger partial charge is 0.295 e. The van der Waals surface area contributed by atoms with E-state index in [1.807, 2.05) is 61.5 Å². The molecule has 0 radical (unpaired) electrons. The molecular weight excluding hydrogens is 388 g/mol. The van der Waals surface area contributed by atoms with Gasteiger partial charge in [0.1, 0.15) is 5.76 Å². The number of carbonyl (C=O) groups is 2. The molecule has 31 heavy (non-hydrogen) atoms. The summed E-state index contributed by atoms with van der Waals surface area (Å²) < 4.78 is 0. The highest BCUT2D eigenvalue weighted by atomic mass is 16.3. The van der Waals surface area contributed by atoms with Gasteiger partial charge in [-0.2, -0.15) is 0 Å². The molecule has 2 heterocycles. The van der Waals surface area contributed by atoms with Crippen molar-refractivity contribution in [3.05, 3.63) is 107 Å². The van der Waals surface area contributed by atoms with E-state index < -0.39 is 17.7 Å². The Hall–Kier alpha value is -3.73. The van der Waals surface area contributed by atoms with E-state index in [1.54, 1.807) is 23.2 Å². The van der Waals surface area contributed by atoms with E-state index in [1.165, 1.54) is 11.8 Å². The second-order valence-electron chi connectivity index (χ2n) is 7.73. The number of carbonyl (C=O) groups excluding carboxylic acids is 2. The van der Waals surface area contributed by atoms with Crippen LogP contribution in [-0.4, -0.2) is 33.2 Å². The van der Waals surface area contributed by atoms with Crippen LogP contribution in [0.3, 0.4) is 0 Å². The molecule has 1 unspecified atom stereocenters. The molecule has 1 N–H and O–H groups in total. The van der Waals surface area contributed by atoms with Gasteiger partial charge in [0.05, 0.1) is 11.6 Å². The van der Waals surface area contributed by atoms with Crippen LogP contribution in [0.4, 0.5) is 0 Å². The number of hydrogen-bond donors (Lipinski definition) is 1. The van der Waals surface area contributed by atoms with Crippen LogP contribution in [0.15, 0.2) is 84.7 Å². The van der Waals surface area contributed by atoms with Crippen molar-refractivity contribution in [2.24, 2.45) is 0 Å². The van der Waals surface area contributed by atoms with Gasteiger partial charge >= 0.3 is 0 Å². The summed E-state index contributed by atoms with van der Waals surface area (Å²) in [4.78, 5) is 31.6. The molecule has 5 nitrogen and oxygen atoms in total. The van der Waals surface area contributed by atoms with E-state index in [-0.39, 0.29) is 11.3 Å². The molecule has 1 aliphatic rings. The number of pyridine rings is 1. The predicted octanol–water partition coefficient (Wildman–Crippen LogP) is 4.44. The van der Waals surface area contributed by atoms with Gasteiger partial charge in [0.25, 0.3) is 11.7 Å². The Morgan fingerprint density at radius 2 is 1.74 bits per heavy atom. The molecule has 1 aliphatic heterocycles. The highest BCUT2D eigenvalue weighted by molar-refractivity contribution is 6.46. The van der Waals surface area contributed by atoms with Gasteiger partial charge in [0.15, 0.2) is 0 Å². The van der Waals surface area contributed by atoms with Gasteiger partial charge in [-0.15, -0.1) is 0 Å². The van der Waals surface area contributed by atoms with Crippen molar-refractivity contribution in [3.8, 4) is 0 Å². The van der Waals surface area contributed by atoms with Gasteiger partial charge in [-0.3, -0.25) is 14.6 Å². The number of aliphatic hydroxyl groups is 1. The third-order valence-corrected chi connectivity index (χ3v) is 5.58. The van der Waals surface area contributed by atoms with Crippen LogP contribution in [0.2, 0.25) is 0 Å². The monoisotopic (exact) mass is 412 g/mol. The zero-order valence-corrected chi connectivity index (χ0v) is 17.4. The lowest BCUT2D eigenvalue weighted by molar-refractivity contribution is -0.139. The number of nitrogens with zero attached hydrogens (tertiary/aromatic N) is 2. The molecule has 0 aliphatic carbocycles. The van der Waals surface area contributed by atoms with Gasteiger partial charge in [0, 0.05) is 24.5 Å². The summed E-state index contributed by atoms with van der Waals surface area (Å²) in [6, 6.07) is 20.5.